The molecule has 0 radical (unpaired) electrons. The molecule has 0 aliphatic heterocycles. The molecule has 0 spiro atoms. The SMILES string of the molecule is COc1cc2[nH]c(O)c(C(=Nc3ccc(CNC4CCCCC4)cc3)c3ccccc3)c2cc1OC. The number of hydrogen-bond donors (Lipinski definition) is 3. The second-order valence-electron chi connectivity index (χ2n) is 9.31. The van der Waals surface area contributed by atoms with Crippen molar-refractivity contribution in [1.29, 1.82) is 0 Å². The summed E-state index contributed by atoms with van der Waals surface area (Å²) in [5, 5.41) is 15.5. The number of methoxy groups -OCH3 is 2. The van der Waals surface area contributed by atoms with Crippen molar-refractivity contribution in [3.63, 3.8) is 0 Å². The average Bonchev–Trinajstić information content (AvgIpc) is 3.25. The minimum atomic E-state index is 0.0520. The number of aromatic hydroxyl groups is 1. The Morgan fingerprint density at radius 2 is 1.64 bits per heavy atom. The minimum Gasteiger partial charge on any atom is -0.494 e. The predicted molar refractivity (Wildman–Crippen MR) is 145 cm³/mol. The van der Waals surface area contributed by atoms with Crippen LogP contribution in [0, 0.1) is 0 Å². The molecule has 3 N–H and O–H groups in total. The number of hydrogen-bond acceptors (Lipinski definition) is 5. The summed E-state index contributed by atoms with van der Waals surface area (Å²) >= 11 is 0. The number of rotatable bonds is 8. The number of nitrogens with one attached hydrogen (secondary N) is 2. The molecule has 36 heavy (non-hydrogen) atoms. The summed E-state index contributed by atoms with van der Waals surface area (Å²) in [4.78, 5) is 8.09. The molecular weight excluding hydrogens is 450 g/mol. The van der Waals surface area contributed by atoms with E-state index in [1.165, 1.54) is 37.7 Å². The van der Waals surface area contributed by atoms with Gasteiger partial charge in [0.15, 0.2) is 17.4 Å². The van der Waals surface area contributed by atoms with Crippen molar-refractivity contribution in [1.82, 2.24) is 10.3 Å². The Labute approximate surface area is 212 Å². The van der Waals surface area contributed by atoms with Gasteiger partial charge in [-0.3, -0.25) is 0 Å². The Morgan fingerprint density at radius 3 is 2.33 bits per heavy atom. The Kier molecular flexibility index (Phi) is 7.23. The summed E-state index contributed by atoms with van der Waals surface area (Å²) in [7, 11) is 3.20. The fourth-order valence-electron chi connectivity index (χ4n) is 4.99. The Bertz CT molecular complexity index is 1340. The van der Waals surface area contributed by atoms with Gasteiger partial charge in [-0.25, -0.2) is 4.99 Å². The fourth-order valence-corrected chi connectivity index (χ4v) is 4.99. The predicted octanol–water partition coefficient (Wildman–Crippen LogP) is 6.48. The second-order valence-corrected chi connectivity index (χ2v) is 9.31. The normalized spacial score (nSPS) is 14.8. The first-order valence-electron chi connectivity index (χ1n) is 12.6. The van der Waals surface area contributed by atoms with Crippen LogP contribution in [0.5, 0.6) is 17.4 Å². The molecule has 1 heterocycles. The van der Waals surface area contributed by atoms with Gasteiger partial charge < -0.3 is 24.9 Å². The van der Waals surface area contributed by atoms with Gasteiger partial charge >= 0.3 is 0 Å². The molecule has 5 rings (SSSR count). The molecule has 0 unspecified atom stereocenters. The third-order valence-electron chi connectivity index (χ3n) is 6.94. The zero-order chi connectivity index (χ0) is 24.9. The number of nitrogens with zero attached hydrogens (tertiary/aromatic N) is 1. The van der Waals surface area contributed by atoms with Crippen LogP contribution in [0.25, 0.3) is 10.9 Å². The summed E-state index contributed by atoms with van der Waals surface area (Å²) in [6, 6.07) is 22.6. The molecule has 6 nitrogen and oxygen atoms in total. The van der Waals surface area contributed by atoms with Crippen molar-refractivity contribution in [2.45, 2.75) is 44.7 Å². The standard InChI is InChI=1S/C30H33N3O3/c1-35-26-17-24-25(18-27(26)36-2)33-30(34)28(24)29(21-9-5-3-6-10-21)32-23-15-13-20(14-16-23)19-31-22-11-7-4-8-12-22/h3,5-6,9-10,13-18,22,31,33-34H,4,7-8,11-12,19H2,1-2H3. The van der Waals surface area contributed by atoms with E-state index in [0.29, 0.717) is 28.8 Å². The molecule has 0 amide bonds. The number of aromatic amines is 1. The molecule has 0 saturated heterocycles. The molecule has 0 bridgehead atoms. The minimum absolute atomic E-state index is 0.0520. The number of aliphatic imine (C=N–C) groups is 1. The third kappa shape index (κ3) is 5.09. The van der Waals surface area contributed by atoms with Gasteiger partial charge in [-0.2, -0.15) is 0 Å². The monoisotopic (exact) mass is 483 g/mol. The Hall–Kier alpha value is -3.77. The summed E-state index contributed by atoms with van der Waals surface area (Å²) in [5.74, 6) is 1.23. The van der Waals surface area contributed by atoms with E-state index in [-0.39, 0.29) is 5.88 Å². The van der Waals surface area contributed by atoms with Gasteiger partial charge in [-0.15, -0.1) is 0 Å². The molecule has 4 aromatic rings. The zero-order valence-corrected chi connectivity index (χ0v) is 20.9. The lowest BCUT2D eigenvalue weighted by Gasteiger charge is -2.22. The molecule has 3 aromatic carbocycles. The van der Waals surface area contributed by atoms with Crippen LogP contribution in [0.4, 0.5) is 5.69 Å². The average molecular weight is 484 g/mol. The number of ether oxygens (including phenoxy) is 2. The van der Waals surface area contributed by atoms with E-state index in [9.17, 15) is 5.11 Å². The molecule has 1 fully saturated rings. The zero-order valence-electron chi connectivity index (χ0n) is 20.9. The van der Waals surface area contributed by atoms with Gasteiger partial charge in [0.2, 0.25) is 0 Å². The van der Waals surface area contributed by atoms with E-state index in [1.54, 1.807) is 14.2 Å². The van der Waals surface area contributed by atoms with E-state index in [4.69, 9.17) is 14.5 Å². The van der Waals surface area contributed by atoms with E-state index < -0.39 is 0 Å². The summed E-state index contributed by atoms with van der Waals surface area (Å²) in [6.45, 7) is 0.866. The quantitative estimate of drug-likeness (QED) is 0.251. The third-order valence-corrected chi connectivity index (χ3v) is 6.94. The number of H-pyrrole nitrogens is 1. The summed E-state index contributed by atoms with van der Waals surface area (Å²) in [6.07, 6.45) is 6.56. The maximum absolute atomic E-state index is 11.0. The number of aromatic nitrogens is 1. The van der Waals surface area contributed by atoms with Crippen molar-refractivity contribution in [2.75, 3.05) is 14.2 Å². The van der Waals surface area contributed by atoms with Gasteiger partial charge in [0, 0.05) is 29.6 Å². The lowest BCUT2D eigenvalue weighted by molar-refractivity contribution is 0.356. The van der Waals surface area contributed by atoms with Crippen molar-refractivity contribution in [3.05, 3.63) is 83.4 Å². The lowest BCUT2D eigenvalue weighted by Crippen LogP contribution is -2.30. The van der Waals surface area contributed by atoms with Crippen LogP contribution in [-0.2, 0) is 6.54 Å². The molecule has 1 aliphatic rings. The highest BCUT2D eigenvalue weighted by atomic mass is 16.5. The van der Waals surface area contributed by atoms with Crippen LogP contribution < -0.4 is 14.8 Å². The topological polar surface area (TPSA) is 78.9 Å². The smallest absolute Gasteiger partial charge is 0.199 e. The molecule has 186 valence electrons. The van der Waals surface area contributed by atoms with Gasteiger partial charge in [0.05, 0.1) is 36.7 Å². The van der Waals surface area contributed by atoms with Gasteiger partial charge in [-0.05, 0) is 36.6 Å². The maximum atomic E-state index is 11.0. The maximum Gasteiger partial charge on any atom is 0.199 e. The highest BCUT2D eigenvalue weighted by Crippen LogP contribution is 2.38. The summed E-state index contributed by atoms with van der Waals surface area (Å²) < 4.78 is 11.0. The first-order valence-corrected chi connectivity index (χ1v) is 12.6. The van der Waals surface area contributed by atoms with Crippen LogP contribution in [-0.4, -0.2) is 36.1 Å². The van der Waals surface area contributed by atoms with Gasteiger partial charge in [0.25, 0.3) is 0 Å². The van der Waals surface area contributed by atoms with Crippen molar-refractivity contribution >= 4 is 22.3 Å². The van der Waals surface area contributed by atoms with Crippen molar-refractivity contribution < 1.29 is 14.6 Å². The summed E-state index contributed by atoms with van der Waals surface area (Å²) in [5.41, 5.74) is 5.02. The van der Waals surface area contributed by atoms with Crippen LogP contribution in [0.2, 0.25) is 0 Å². The first-order chi connectivity index (χ1) is 17.7. The van der Waals surface area contributed by atoms with Crippen LogP contribution >= 0.6 is 0 Å². The van der Waals surface area contributed by atoms with E-state index in [1.807, 2.05) is 54.6 Å². The van der Waals surface area contributed by atoms with Gasteiger partial charge in [-0.1, -0.05) is 61.7 Å². The Morgan fingerprint density at radius 1 is 0.944 bits per heavy atom. The fraction of sp³-hybridized carbons (Fsp3) is 0.300. The van der Waals surface area contributed by atoms with E-state index in [0.717, 1.165) is 28.7 Å². The molecular formula is C30H33N3O3. The molecule has 6 heteroatoms. The number of benzene rings is 3. The highest BCUT2D eigenvalue weighted by molar-refractivity contribution is 6.22. The number of fused-ring (bicyclic) bond motifs is 1. The second kappa shape index (κ2) is 10.9. The van der Waals surface area contributed by atoms with Gasteiger partial charge in [0.1, 0.15) is 0 Å². The molecule has 1 saturated carbocycles. The van der Waals surface area contributed by atoms with E-state index in [2.05, 4.69) is 22.4 Å². The first kappa shape index (κ1) is 23.9. The van der Waals surface area contributed by atoms with Crippen LogP contribution in [0.1, 0.15) is 48.8 Å². The van der Waals surface area contributed by atoms with Crippen molar-refractivity contribution in [3.8, 4) is 17.4 Å². The van der Waals surface area contributed by atoms with Crippen molar-refractivity contribution in [2.24, 2.45) is 4.99 Å². The van der Waals surface area contributed by atoms with Crippen LogP contribution in [0.15, 0.2) is 71.7 Å². The largest absolute Gasteiger partial charge is 0.494 e. The molecule has 1 aromatic heterocycles. The Balaban J connectivity index is 1.51. The van der Waals surface area contributed by atoms with E-state index >= 15 is 0 Å². The van der Waals surface area contributed by atoms with Crippen LogP contribution in [0.3, 0.4) is 0 Å². The lowest BCUT2D eigenvalue weighted by atomic mass is 9.95. The highest BCUT2D eigenvalue weighted by Gasteiger charge is 2.21. The molecule has 0 atom stereocenters. The molecule has 1 aliphatic carbocycles.